The number of nitrogens with zero attached hydrogens (tertiary/aromatic N) is 1. The lowest BCUT2D eigenvalue weighted by atomic mass is 9.74. The van der Waals surface area contributed by atoms with Crippen LogP contribution in [-0.2, 0) is 6.42 Å². The predicted octanol–water partition coefficient (Wildman–Crippen LogP) is 5.89. The Labute approximate surface area is 140 Å². The quantitative estimate of drug-likeness (QED) is 0.698. The summed E-state index contributed by atoms with van der Waals surface area (Å²) in [5.74, 6) is 0.307. The summed E-state index contributed by atoms with van der Waals surface area (Å²) >= 11 is 0. The summed E-state index contributed by atoms with van der Waals surface area (Å²) < 4.78 is 0. The number of aromatic hydroxyl groups is 1. The van der Waals surface area contributed by atoms with E-state index >= 15 is 0 Å². The van der Waals surface area contributed by atoms with Crippen molar-refractivity contribution in [1.82, 2.24) is 4.98 Å². The third kappa shape index (κ3) is 5.09. The molecular weight excluding hydrogens is 282 g/mol. The fourth-order valence-corrected chi connectivity index (χ4v) is 3.46. The van der Waals surface area contributed by atoms with E-state index in [0.717, 1.165) is 23.8 Å². The van der Waals surface area contributed by atoms with E-state index in [1.807, 2.05) is 24.3 Å². The molecular formula is C21H29NO. The summed E-state index contributed by atoms with van der Waals surface area (Å²) in [5.41, 5.74) is 2.26. The van der Waals surface area contributed by atoms with Crippen molar-refractivity contribution >= 4 is 10.9 Å². The Morgan fingerprint density at radius 3 is 2.48 bits per heavy atom. The summed E-state index contributed by atoms with van der Waals surface area (Å²) in [5, 5.41) is 11.3. The van der Waals surface area contributed by atoms with Crippen molar-refractivity contribution in [1.29, 1.82) is 0 Å². The Morgan fingerprint density at radius 2 is 1.78 bits per heavy atom. The van der Waals surface area contributed by atoms with Gasteiger partial charge in [0.2, 0.25) is 0 Å². The summed E-state index contributed by atoms with van der Waals surface area (Å²) in [6.07, 6.45) is 9.11. The molecule has 0 atom stereocenters. The molecule has 0 unspecified atom stereocenters. The Balaban J connectivity index is 2.02. The van der Waals surface area contributed by atoms with Crippen LogP contribution in [0.2, 0.25) is 0 Å². The maximum Gasteiger partial charge on any atom is 0.145 e. The Morgan fingerprint density at radius 1 is 1.04 bits per heavy atom. The van der Waals surface area contributed by atoms with Gasteiger partial charge >= 0.3 is 0 Å². The smallest absolute Gasteiger partial charge is 0.145 e. The zero-order valence-electron chi connectivity index (χ0n) is 15.1. The number of benzene rings is 1. The largest absolute Gasteiger partial charge is 0.505 e. The minimum Gasteiger partial charge on any atom is -0.505 e. The first-order valence-corrected chi connectivity index (χ1v) is 8.39. The molecule has 1 aromatic heterocycles. The zero-order valence-corrected chi connectivity index (χ0v) is 15.1. The summed E-state index contributed by atoms with van der Waals surface area (Å²) in [7, 11) is 0. The molecule has 0 bridgehead atoms. The monoisotopic (exact) mass is 311 g/mol. The molecule has 0 spiro atoms. The van der Waals surface area contributed by atoms with Gasteiger partial charge in [0.25, 0.3) is 0 Å². The van der Waals surface area contributed by atoms with E-state index in [2.05, 4.69) is 51.8 Å². The standard InChI is InChI=1S/C21H29NO/c1-20(2,3)15-21(4,5)13-7-6-9-17-12-11-16-10-8-14-22-18(16)19(17)23/h6-8,10-12,14,23H,9,13,15H2,1-5H3. The summed E-state index contributed by atoms with van der Waals surface area (Å²) in [6, 6.07) is 7.87. The molecule has 1 N–H and O–H groups in total. The highest BCUT2D eigenvalue weighted by Crippen LogP contribution is 2.36. The van der Waals surface area contributed by atoms with Gasteiger partial charge in [-0.15, -0.1) is 0 Å². The van der Waals surface area contributed by atoms with Crippen LogP contribution in [0.1, 0.15) is 53.0 Å². The van der Waals surface area contributed by atoms with Crippen LogP contribution < -0.4 is 0 Å². The van der Waals surface area contributed by atoms with Crippen LogP contribution in [0.4, 0.5) is 0 Å². The lowest BCUT2D eigenvalue weighted by Gasteiger charge is -2.31. The fourth-order valence-electron chi connectivity index (χ4n) is 3.46. The van der Waals surface area contributed by atoms with Crippen LogP contribution in [0.3, 0.4) is 0 Å². The van der Waals surface area contributed by atoms with Gasteiger partial charge in [-0.05, 0) is 41.7 Å². The molecule has 0 aliphatic rings. The lowest BCUT2D eigenvalue weighted by Crippen LogP contribution is -2.19. The van der Waals surface area contributed by atoms with Crippen LogP contribution in [0.25, 0.3) is 10.9 Å². The lowest BCUT2D eigenvalue weighted by molar-refractivity contribution is 0.215. The first-order chi connectivity index (χ1) is 10.7. The molecule has 0 saturated heterocycles. The number of pyridine rings is 1. The first-order valence-electron chi connectivity index (χ1n) is 8.39. The number of phenols is 1. The minimum atomic E-state index is 0.293. The fraction of sp³-hybridized carbons (Fsp3) is 0.476. The number of hydrogen-bond acceptors (Lipinski definition) is 2. The Kier molecular flexibility index (Phi) is 5.13. The van der Waals surface area contributed by atoms with E-state index in [0.29, 0.717) is 22.1 Å². The van der Waals surface area contributed by atoms with E-state index in [-0.39, 0.29) is 0 Å². The number of allylic oxidation sites excluding steroid dienone is 2. The van der Waals surface area contributed by atoms with Crippen molar-refractivity contribution in [2.75, 3.05) is 0 Å². The van der Waals surface area contributed by atoms with Gasteiger partial charge in [0, 0.05) is 11.6 Å². The van der Waals surface area contributed by atoms with E-state index in [9.17, 15) is 5.11 Å². The number of phenolic OH excluding ortho intramolecular Hbond substituents is 1. The van der Waals surface area contributed by atoms with Crippen LogP contribution in [-0.4, -0.2) is 10.1 Å². The van der Waals surface area contributed by atoms with Crippen molar-refractivity contribution in [2.45, 2.75) is 53.9 Å². The molecule has 0 aliphatic carbocycles. The average Bonchev–Trinajstić information content (AvgIpc) is 2.43. The van der Waals surface area contributed by atoms with Gasteiger partial charge in [-0.3, -0.25) is 4.98 Å². The molecule has 23 heavy (non-hydrogen) atoms. The third-order valence-corrected chi connectivity index (χ3v) is 4.02. The summed E-state index contributed by atoms with van der Waals surface area (Å²) in [6.45, 7) is 11.5. The normalized spacial score (nSPS) is 13.1. The van der Waals surface area contributed by atoms with Gasteiger partial charge in [0.15, 0.2) is 0 Å². The molecule has 2 rings (SSSR count). The van der Waals surface area contributed by atoms with Crippen molar-refractivity contribution in [2.24, 2.45) is 10.8 Å². The van der Waals surface area contributed by atoms with Gasteiger partial charge in [-0.25, -0.2) is 0 Å². The molecule has 0 fully saturated rings. The topological polar surface area (TPSA) is 33.1 Å². The van der Waals surface area contributed by atoms with Crippen LogP contribution >= 0.6 is 0 Å². The van der Waals surface area contributed by atoms with Gasteiger partial charge < -0.3 is 5.11 Å². The summed E-state index contributed by atoms with van der Waals surface area (Å²) in [4.78, 5) is 4.28. The van der Waals surface area contributed by atoms with Gasteiger partial charge in [-0.1, -0.05) is 65.0 Å². The number of hydrogen-bond donors (Lipinski definition) is 1. The van der Waals surface area contributed by atoms with Crippen molar-refractivity contribution < 1.29 is 5.11 Å². The Bertz CT molecular complexity index is 693. The van der Waals surface area contributed by atoms with E-state index < -0.39 is 0 Å². The number of aromatic nitrogens is 1. The minimum absolute atomic E-state index is 0.293. The maximum absolute atomic E-state index is 10.4. The highest BCUT2D eigenvalue weighted by Gasteiger charge is 2.24. The predicted molar refractivity (Wildman–Crippen MR) is 98.7 cm³/mol. The van der Waals surface area contributed by atoms with Crippen molar-refractivity contribution in [3.63, 3.8) is 0 Å². The highest BCUT2D eigenvalue weighted by atomic mass is 16.3. The van der Waals surface area contributed by atoms with Gasteiger partial charge in [-0.2, -0.15) is 0 Å². The molecule has 1 heterocycles. The SMILES string of the molecule is CC(C)(C)CC(C)(C)CC=CCc1ccc2cccnc2c1O. The molecule has 124 valence electrons. The van der Waals surface area contributed by atoms with E-state index in [1.165, 1.54) is 6.42 Å². The molecule has 0 amide bonds. The second-order valence-electron chi connectivity index (χ2n) is 8.43. The van der Waals surface area contributed by atoms with Crippen molar-refractivity contribution in [3.05, 3.63) is 48.2 Å². The maximum atomic E-state index is 10.4. The number of fused-ring (bicyclic) bond motifs is 1. The van der Waals surface area contributed by atoms with Crippen LogP contribution in [0.5, 0.6) is 5.75 Å². The highest BCUT2D eigenvalue weighted by molar-refractivity contribution is 5.85. The molecule has 2 heteroatoms. The second kappa shape index (κ2) is 6.74. The van der Waals surface area contributed by atoms with Crippen molar-refractivity contribution in [3.8, 4) is 5.75 Å². The molecule has 2 aromatic rings. The van der Waals surface area contributed by atoms with Gasteiger partial charge in [0.1, 0.15) is 11.3 Å². The molecule has 1 aromatic carbocycles. The van der Waals surface area contributed by atoms with Crippen LogP contribution in [0, 0.1) is 10.8 Å². The Hall–Kier alpha value is -1.83. The zero-order chi connectivity index (χ0) is 17.1. The first kappa shape index (κ1) is 17.5. The molecule has 0 saturated carbocycles. The van der Waals surface area contributed by atoms with Crippen LogP contribution in [0.15, 0.2) is 42.6 Å². The van der Waals surface area contributed by atoms with E-state index in [4.69, 9.17) is 0 Å². The second-order valence-corrected chi connectivity index (χ2v) is 8.43. The molecule has 0 aliphatic heterocycles. The third-order valence-electron chi connectivity index (χ3n) is 4.02. The number of rotatable bonds is 5. The molecule has 2 nitrogen and oxygen atoms in total. The van der Waals surface area contributed by atoms with Gasteiger partial charge in [0.05, 0.1) is 0 Å². The molecule has 0 radical (unpaired) electrons. The van der Waals surface area contributed by atoms with E-state index in [1.54, 1.807) is 6.20 Å². The average molecular weight is 311 g/mol.